The van der Waals surface area contributed by atoms with E-state index in [1.54, 1.807) is 55.0 Å². The largest absolute Gasteiger partial charge is 0.466 e. The molecule has 5 rings (SSSR count). The number of hydrogen-bond acceptors (Lipinski definition) is 6. The van der Waals surface area contributed by atoms with Gasteiger partial charge in [0, 0.05) is 53.5 Å². The minimum Gasteiger partial charge on any atom is -0.466 e. The number of esters is 1. The van der Waals surface area contributed by atoms with Crippen LogP contribution in [0.3, 0.4) is 0 Å². The molecule has 1 aliphatic carbocycles. The Morgan fingerprint density at radius 2 is 1.95 bits per heavy atom. The third-order valence-electron chi connectivity index (χ3n) is 7.32. The summed E-state index contributed by atoms with van der Waals surface area (Å²) >= 11 is 0. The number of rotatable bonds is 8. The van der Waals surface area contributed by atoms with Crippen LogP contribution >= 0.6 is 0 Å². The van der Waals surface area contributed by atoms with E-state index in [-0.39, 0.29) is 23.7 Å². The fourth-order valence-electron chi connectivity index (χ4n) is 4.99. The van der Waals surface area contributed by atoms with Gasteiger partial charge in [-0.3, -0.25) is 4.79 Å². The quantitative estimate of drug-likeness (QED) is 0.231. The molecule has 0 saturated heterocycles. The summed E-state index contributed by atoms with van der Waals surface area (Å²) in [5.74, 6) is -0.0702. The van der Waals surface area contributed by atoms with Gasteiger partial charge in [-0.1, -0.05) is 24.3 Å². The van der Waals surface area contributed by atoms with E-state index in [0.717, 1.165) is 11.3 Å². The van der Waals surface area contributed by atoms with Crippen molar-refractivity contribution in [3.05, 3.63) is 83.6 Å². The van der Waals surface area contributed by atoms with Gasteiger partial charge in [0.15, 0.2) is 5.82 Å². The number of para-hydroxylation sites is 1. The molecular weight excluding hydrogens is 521 g/mol. The summed E-state index contributed by atoms with van der Waals surface area (Å²) in [6, 6.07) is 7.91. The average molecular weight is 551 g/mol. The second-order valence-electron chi connectivity index (χ2n) is 10.1. The molecule has 208 valence electrons. The zero-order chi connectivity index (χ0) is 28.4. The first-order valence-corrected chi connectivity index (χ1v) is 13.1. The predicted molar refractivity (Wildman–Crippen MR) is 143 cm³/mol. The van der Waals surface area contributed by atoms with Crippen LogP contribution in [0, 0.1) is 18.2 Å². The molecular formula is C30H29F3N4O3. The number of aryl methyl sites for hydroxylation is 1. The van der Waals surface area contributed by atoms with Crippen LogP contribution in [0.4, 0.5) is 13.2 Å². The zero-order valence-corrected chi connectivity index (χ0v) is 22.5. The van der Waals surface area contributed by atoms with Crippen LogP contribution in [0.25, 0.3) is 22.3 Å². The highest BCUT2D eigenvalue weighted by Crippen LogP contribution is 2.39. The number of benzene rings is 1. The minimum absolute atomic E-state index is 0.0813. The van der Waals surface area contributed by atoms with Crippen molar-refractivity contribution in [2.75, 3.05) is 6.61 Å². The lowest BCUT2D eigenvalue weighted by Crippen LogP contribution is -2.31. The summed E-state index contributed by atoms with van der Waals surface area (Å²) in [7, 11) is 0. The maximum atomic E-state index is 15.2. The van der Waals surface area contributed by atoms with Crippen LogP contribution < -0.4 is 4.74 Å². The molecule has 4 aromatic rings. The lowest BCUT2D eigenvalue weighted by molar-refractivity contribution is -0.154. The van der Waals surface area contributed by atoms with Crippen LogP contribution in [-0.4, -0.2) is 38.5 Å². The lowest BCUT2D eigenvalue weighted by atomic mass is 9.76. The Morgan fingerprint density at radius 3 is 2.62 bits per heavy atom. The molecule has 0 saturated carbocycles. The van der Waals surface area contributed by atoms with Crippen LogP contribution in [0.1, 0.15) is 55.9 Å². The molecule has 0 N–H and O–H groups in total. The van der Waals surface area contributed by atoms with Crippen molar-refractivity contribution in [2.45, 2.75) is 53.1 Å². The minimum atomic E-state index is -2.94. The molecule has 0 amide bonds. The number of ether oxygens (including phenoxy) is 2. The molecule has 40 heavy (non-hydrogen) atoms. The molecule has 1 aliphatic rings. The van der Waals surface area contributed by atoms with Gasteiger partial charge >= 0.3 is 12.6 Å². The number of carbonyl (C=O) groups excluding carboxylic acids is 1. The molecule has 0 bridgehead atoms. The molecule has 1 aromatic carbocycles. The van der Waals surface area contributed by atoms with Crippen molar-refractivity contribution in [1.29, 1.82) is 0 Å². The Balaban J connectivity index is 1.43. The van der Waals surface area contributed by atoms with E-state index in [1.807, 2.05) is 13.0 Å². The Hall–Kier alpha value is -4.21. The topological polar surface area (TPSA) is 78.6 Å². The van der Waals surface area contributed by atoms with Crippen molar-refractivity contribution >= 4 is 17.2 Å². The number of fused-ring (bicyclic) bond motifs is 1. The highest BCUT2D eigenvalue weighted by atomic mass is 19.3. The number of hydrogen-bond donors (Lipinski definition) is 0. The van der Waals surface area contributed by atoms with E-state index in [4.69, 9.17) is 4.74 Å². The molecule has 3 heterocycles. The van der Waals surface area contributed by atoms with Crippen LogP contribution in [0.5, 0.6) is 5.75 Å². The van der Waals surface area contributed by atoms with Crippen molar-refractivity contribution < 1.29 is 27.4 Å². The van der Waals surface area contributed by atoms with Crippen molar-refractivity contribution in [3.63, 3.8) is 0 Å². The van der Waals surface area contributed by atoms with Crippen LogP contribution in [0.2, 0.25) is 0 Å². The smallest absolute Gasteiger partial charge is 0.387 e. The molecule has 0 fully saturated rings. The van der Waals surface area contributed by atoms with E-state index in [2.05, 4.69) is 19.7 Å². The van der Waals surface area contributed by atoms with Gasteiger partial charge in [0.1, 0.15) is 17.2 Å². The summed E-state index contributed by atoms with van der Waals surface area (Å²) in [5, 5.41) is 0. The Labute approximate surface area is 229 Å². The van der Waals surface area contributed by atoms with E-state index < -0.39 is 17.8 Å². The monoisotopic (exact) mass is 550 g/mol. The van der Waals surface area contributed by atoms with Gasteiger partial charge in [-0.05, 0) is 51.7 Å². The Morgan fingerprint density at radius 1 is 1.20 bits per heavy atom. The van der Waals surface area contributed by atoms with Gasteiger partial charge in [-0.15, -0.1) is 0 Å². The number of carbonyl (C=O) groups is 1. The van der Waals surface area contributed by atoms with Gasteiger partial charge in [0.25, 0.3) is 0 Å². The second kappa shape index (κ2) is 11.1. The summed E-state index contributed by atoms with van der Waals surface area (Å²) in [5.41, 5.74) is 3.45. The van der Waals surface area contributed by atoms with Gasteiger partial charge in [-0.2, -0.15) is 8.78 Å². The number of alkyl halides is 2. The number of pyridine rings is 1. The molecule has 1 unspecified atom stereocenters. The van der Waals surface area contributed by atoms with E-state index in [0.29, 0.717) is 54.2 Å². The van der Waals surface area contributed by atoms with E-state index >= 15 is 4.39 Å². The van der Waals surface area contributed by atoms with E-state index in [1.165, 1.54) is 12.1 Å². The fraction of sp³-hybridized carbons (Fsp3) is 0.333. The first-order valence-electron chi connectivity index (χ1n) is 13.1. The van der Waals surface area contributed by atoms with Crippen molar-refractivity contribution in [1.82, 2.24) is 19.4 Å². The van der Waals surface area contributed by atoms with Gasteiger partial charge in [-0.25, -0.2) is 19.3 Å². The Kier molecular flexibility index (Phi) is 7.60. The predicted octanol–water partition coefficient (Wildman–Crippen LogP) is 6.57. The lowest BCUT2D eigenvalue weighted by Gasteiger charge is -2.30. The number of aromatic nitrogens is 4. The van der Waals surface area contributed by atoms with Gasteiger partial charge < -0.3 is 13.9 Å². The standard InChI is InChI=1S/C30H29F3N4O3/c1-4-39-28(38)30(3)11-9-19(10-12-30)27-34-15-21(16-35-27)22-17-37-24(18(2)36-26(37)14-23(22)31)13-20-7-5-6-8-25(20)40-29(32)33/h5-9,14-17,29H,4,10-13H2,1-3H3. The van der Waals surface area contributed by atoms with E-state index in [9.17, 15) is 13.6 Å². The first kappa shape index (κ1) is 27.4. The Bertz CT molecular complexity index is 1580. The summed E-state index contributed by atoms with van der Waals surface area (Å²) in [4.78, 5) is 25.8. The molecule has 0 aliphatic heterocycles. The summed E-state index contributed by atoms with van der Waals surface area (Å²) in [6.07, 6.45) is 8.79. The normalized spacial score (nSPS) is 17.2. The number of allylic oxidation sites excluding steroid dienone is 2. The highest BCUT2D eigenvalue weighted by molar-refractivity contribution is 5.78. The van der Waals surface area contributed by atoms with Crippen LogP contribution in [0.15, 0.2) is 55.0 Å². The van der Waals surface area contributed by atoms with Crippen molar-refractivity contribution in [3.8, 4) is 16.9 Å². The molecule has 7 nitrogen and oxygen atoms in total. The molecule has 0 spiro atoms. The van der Waals surface area contributed by atoms with Crippen molar-refractivity contribution in [2.24, 2.45) is 5.41 Å². The van der Waals surface area contributed by atoms with Gasteiger partial charge in [0.2, 0.25) is 0 Å². The fourth-order valence-corrected chi connectivity index (χ4v) is 4.99. The molecule has 3 aromatic heterocycles. The number of imidazole rings is 1. The molecule has 10 heteroatoms. The maximum absolute atomic E-state index is 15.2. The van der Waals surface area contributed by atoms with Gasteiger partial charge in [0.05, 0.1) is 17.7 Å². The number of halogens is 3. The SMILES string of the molecule is CCOC(=O)C1(C)CC=C(c2ncc(-c3cn4c(Cc5ccccc5OC(F)F)c(C)nc4cc3F)cn2)CC1. The molecule has 0 radical (unpaired) electrons. The maximum Gasteiger partial charge on any atom is 0.387 e. The third kappa shape index (κ3) is 5.43. The summed E-state index contributed by atoms with van der Waals surface area (Å²) < 4.78 is 52.7. The third-order valence-corrected chi connectivity index (χ3v) is 7.32. The molecule has 1 atom stereocenters. The zero-order valence-electron chi connectivity index (χ0n) is 22.5. The first-order chi connectivity index (χ1) is 19.2. The average Bonchev–Trinajstić information content (AvgIpc) is 3.23. The van der Waals surface area contributed by atoms with Crippen LogP contribution in [-0.2, 0) is 16.0 Å². The highest BCUT2D eigenvalue weighted by Gasteiger charge is 2.36. The number of nitrogens with zero attached hydrogens (tertiary/aromatic N) is 4. The summed E-state index contributed by atoms with van der Waals surface area (Å²) in [6.45, 7) is 2.88. The second-order valence-corrected chi connectivity index (χ2v) is 10.1.